The average Bonchev–Trinajstić information content (AvgIpc) is 3.36. The van der Waals surface area contributed by atoms with Gasteiger partial charge in [-0.25, -0.2) is 4.79 Å². The summed E-state index contributed by atoms with van der Waals surface area (Å²) in [7, 11) is 1.66. The van der Waals surface area contributed by atoms with Gasteiger partial charge in [0.05, 0.1) is 17.1 Å². The molecule has 0 amide bonds. The Bertz CT molecular complexity index is 1740. The van der Waals surface area contributed by atoms with Crippen LogP contribution in [0.3, 0.4) is 0 Å². The number of anilines is 2. The number of aromatic nitrogens is 5. The van der Waals surface area contributed by atoms with Gasteiger partial charge in [0.25, 0.3) is 5.56 Å². The van der Waals surface area contributed by atoms with E-state index < -0.39 is 0 Å². The lowest BCUT2D eigenvalue weighted by Crippen LogP contribution is -2.41. The molecule has 3 aromatic heterocycles. The molecule has 36 heavy (non-hydrogen) atoms. The van der Waals surface area contributed by atoms with E-state index in [1.807, 2.05) is 61.0 Å². The van der Waals surface area contributed by atoms with Crippen molar-refractivity contribution in [3.05, 3.63) is 86.3 Å². The number of nitrogens with zero attached hydrogens (tertiary/aromatic N) is 5. The molecule has 0 saturated carbocycles. The fraction of sp³-hybridized carbons (Fsp3) is 0.296. The predicted octanol–water partition coefficient (Wildman–Crippen LogP) is 3.39. The highest BCUT2D eigenvalue weighted by Crippen LogP contribution is 2.25. The molecule has 3 N–H and O–H groups in total. The predicted molar refractivity (Wildman–Crippen MR) is 144 cm³/mol. The van der Waals surface area contributed by atoms with Crippen molar-refractivity contribution in [3.8, 4) is 5.69 Å². The van der Waals surface area contributed by atoms with E-state index in [9.17, 15) is 9.59 Å². The van der Waals surface area contributed by atoms with Crippen molar-refractivity contribution >= 4 is 28.3 Å². The highest BCUT2D eigenvalue weighted by molar-refractivity contribution is 5.76. The molecule has 0 bridgehead atoms. The highest BCUT2D eigenvalue weighted by Gasteiger charge is 2.22. The summed E-state index contributed by atoms with van der Waals surface area (Å²) in [4.78, 5) is 31.6. The van der Waals surface area contributed by atoms with Crippen LogP contribution in [0, 0.1) is 26.7 Å². The van der Waals surface area contributed by atoms with E-state index in [4.69, 9.17) is 10.7 Å². The zero-order valence-electron chi connectivity index (χ0n) is 21.2. The number of hydrogen-bond donors (Lipinski definition) is 2. The summed E-state index contributed by atoms with van der Waals surface area (Å²) >= 11 is 0. The van der Waals surface area contributed by atoms with Gasteiger partial charge in [0.2, 0.25) is 5.78 Å². The lowest BCUT2D eigenvalue weighted by Gasteiger charge is -2.16. The Labute approximate surface area is 208 Å². The zero-order chi connectivity index (χ0) is 25.7. The molecule has 0 aliphatic carbocycles. The maximum Gasteiger partial charge on any atom is 0.332 e. The minimum Gasteiger partial charge on any atom is -0.397 e. The molecule has 5 rings (SSSR count). The third-order valence-electron chi connectivity index (χ3n) is 6.94. The summed E-state index contributed by atoms with van der Waals surface area (Å²) in [6.45, 7) is 8.96. The molecule has 5 aromatic rings. The molecule has 0 fully saturated rings. The van der Waals surface area contributed by atoms with Crippen molar-refractivity contribution in [2.24, 2.45) is 13.0 Å². The molecule has 0 aliphatic rings. The average molecular weight is 486 g/mol. The van der Waals surface area contributed by atoms with Crippen LogP contribution in [-0.4, -0.2) is 29.6 Å². The molecule has 0 radical (unpaired) electrons. The van der Waals surface area contributed by atoms with Gasteiger partial charge < -0.3 is 11.1 Å². The summed E-state index contributed by atoms with van der Waals surface area (Å²) < 4.78 is 6.61. The third-order valence-corrected chi connectivity index (χ3v) is 6.94. The van der Waals surface area contributed by atoms with Gasteiger partial charge in [-0.05, 0) is 56.0 Å². The van der Waals surface area contributed by atoms with Crippen molar-refractivity contribution in [3.63, 3.8) is 0 Å². The molecule has 1 atom stereocenters. The van der Waals surface area contributed by atoms with Crippen LogP contribution in [0.1, 0.15) is 23.7 Å². The highest BCUT2D eigenvalue weighted by atomic mass is 16.2. The molecule has 2 aromatic carbocycles. The molecular weight excluding hydrogens is 454 g/mol. The first kappa shape index (κ1) is 23.5. The minimum atomic E-state index is -0.380. The summed E-state index contributed by atoms with van der Waals surface area (Å²) in [5, 5.41) is 3.32. The third kappa shape index (κ3) is 3.67. The minimum absolute atomic E-state index is 0.00264. The van der Waals surface area contributed by atoms with Gasteiger partial charge in [0.1, 0.15) is 0 Å². The number of fused-ring (bicyclic) bond motifs is 3. The van der Waals surface area contributed by atoms with Gasteiger partial charge >= 0.3 is 5.69 Å². The van der Waals surface area contributed by atoms with Crippen LogP contribution in [0.4, 0.5) is 11.4 Å². The second-order valence-corrected chi connectivity index (χ2v) is 9.61. The first-order valence-electron chi connectivity index (χ1n) is 12.0. The number of benzene rings is 2. The first-order valence-corrected chi connectivity index (χ1v) is 12.0. The molecule has 0 saturated heterocycles. The fourth-order valence-corrected chi connectivity index (χ4v) is 4.77. The molecule has 3 heterocycles. The van der Waals surface area contributed by atoms with E-state index in [-0.39, 0.29) is 23.7 Å². The van der Waals surface area contributed by atoms with Gasteiger partial charge in [0, 0.05) is 32.0 Å². The Hall–Kier alpha value is -4.27. The summed E-state index contributed by atoms with van der Waals surface area (Å²) in [5.41, 5.74) is 11.8. The quantitative estimate of drug-likeness (QED) is 0.359. The van der Waals surface area contributed by atoms with Crippen molar-refractivity contribution in [2.45, 2.75) is 34.2 Å². The van der Waals surface area contributed by atoms with Gasteiger partial charge in [0.15, 0.2) is 11.2 Å². The Morgan fingerprint density at radius 3 is 2.56 bits per heavy atom. The largest absolute Gasteiger partial charge is 0.397 e. The van der Waals surface area contributed by atoms with Crippen LogP contribution >= 0.6 is 0 Å². The summed E-state index contributed by atoms with van der Waals surface area (Å²) in [5.74, 6) is 0.604. The van der Waals surface area contributed by atoms with E-state index in [1.165, 1.54) is 14.7 Å². The van der Waals surface area contributed by atoms with E-state index in [1.54, 1.807) is 11.4 Å². The second-order valence-electron chi connectivity index (χ2n) is 9.61. The van der Waals surface area contributed by atoms with Gasteiger partial charge in [-0.2, -0.15) is 4.98 Å². The number of para-hydroxylation sites is 2. The molecule has 9 heteroatoms. The monoisotopic (exact) mass is 485 g/mol. The summed E-state index contributed by atoms with van der Waals surface area (Å²) in [6, 6.07) is 13.7. The van der Waals surface area contributed by atoms with E-state index in [2.05, 4.69) is 25.2 Å². The molecule has 186 valence electrons. The van der Waals surface area contributed by atoms with Gasteiger partial charge in [-0.1, -0.05) is 31.2 Å². The van der Waals surface area contributed by atoms with Crippen molar-refractivity contribution < 1.29 is 0 Å². The second kappa shape index (κ2) is 8.75. The topological polar surface area (TPSA) is 104 Å². The Kier molecular flexibility index (Phi) is 5.70. The maximum absolute atomic E-state index is 13.7. The van der Waals surface area contributed by atoms with Gasteiger partial charge in [-0.15, -0.1) is 0 Å². The van der Waals surface area contributed by atoms with Crippen LogP contribution in [-0.2, 0) is 13.6 Å². The number of aryl methyl sites for hydroxylation is 3. The lowest BCUT2D eigenvalue weighted by atomic mass is 10.1. The molecular formula is C27H31N7O2. The van der Waals surface area contributed by atoms with Crippen molar-refractivity contribution in [1.29, 1.82) is 0 Å². The van der Waals surface area contributed by atoms with Crippen LogP contribution in [0.15, 0.2) is 58.3 Å². The summed E-state index contributed by atoms with van der Waals surface area (Å²) in [6.07, 6.45) is 1.91. The standard InChI is InChI=1S/C27H31N7O2/c1-16(13-29-21-11-7-6-10-20(21)28)14-33-25(35)23-24(31(5)27(33)36)30-26-32(23)15-18(3)34(26)22-12-8-9-17(2)19(22)4/h6-12,15-16,29H,13-14,28H2,1-5H3. The van der Waals surface area contributed by atoms with Crippen LogP contribution < -0.4 is 22.3 Å². The number of hydrogen-bond acceptors (Lipinski definition) is 5. The number of nitrogens with one attached hydrogen (secondary N) is 1. The van der Waals surface area contributed by atoms with E-state index in [0.717, 1.165) is 22.6 Å². The van der Waals surface area contributed by atoms with E-state index >= 15 is 0 Å². The van der Waals surface area contributed by atoms with Gasteiger partial charge in [-0.3, -0.25) is 22.9 Å². The SMILES string of the molecule is Cc1cccc(-n2c(C)cn3c4c(=O)n(CC(C)CNc5ccccc5N)c(=O)n(C)c4nc23)c1C. The van der Waals surface area contributed by atoms with Crippen LogP contribution in [0.2, 0.25) is 0 Å². The number of nitrogen functional groups attached to an aromatic ring is 1. The number of imidazole rings is 2. The smallest absolute Gasteiger partial charge is 0.332 e. The molecule has 1 unspecified atom stereocenters. The Morgan fingerprint density at radius 2 is 1.81 bits per heavy atom. The molecule has 0 aliphatic heterocycles. The van der Waals surface area contributed by atoms with E-state index in [0.29, 0.717) is 29.2 Å². The number of nitrogens with two attached hydrogens (primary N) is 1. The lowest BCUT2D eigenvalue weighted by molar-refractivity contribution is 0.469. The van der Waals surface area contributed by atoms with Crippen molar-refractivity contribution in [1.82, 2.24) is 23.1 Å². The Morgan fingerprint density at radius 1 is 1.06 bits per heavy atom. The van der Waals surface area contributed by atoms with Crippen LogP contribution in [0.5, 0.6) is 0 Å². The Balaban J connectivity index is 1.59. The molecule has 0 spiro atoms. The van der Waals surface area contributed by atoms with Crippen LogP contribution in [0.25, 0.3) is 22.6 Å². The maximum atomic E-state index is 13.7. The first-order chi connectivity index (χ1) is 17.2. The molecule has 9 nitrogen and oxygen atoms in total. The zero-order valence-corrected chi connectivity index (χ0v) is 21.2. The normalized spacial score (nSPS) is 12.5. The number of rotatable bonds is 6. The fourth-order valence-electron chi connectivity index (χ4n) is 4.77. The van der Waals surface area contributed by atoms with Crippen molar-refractivity contribution in [2.75, 3.05) is 17.6 Å².